The third kappa shape index (κ3) is 8.01. The van der Waals surface area contributed by atoms with Crippen LogP contribution < -0.4 is 0 Å². The zero-order chi connectivity index (χ0) is 7.33. The maximum atomic E-state index is 7.89. The van der Waals surface area contributed by atoms with Gasteiger partial charge in [-0.1, -0.05) is 31.6 Å². The largest absolute Gasteiger partial charge is 0.0808 e. The van der Waals surface area contributed by atoms with Crippen molar-refractivity contribution in [2.75, 3.05) is 0 Å². The Balaban J connectivity index is 3.39. The minimum atomic E-state index is 0.166. The van der Waals surface area contributed by atoms with E-state index < -0.39 is 0 Å². The maximum absolute atomic E-state index is 7.89. The monoisotopic (exact) mass is 163 g/mol. The molecule has 52 valence electrons. The van der Waals surface area contributed by atoms with E-state index in [0.29, 0.717) is 0 Å². The van der Waals surface area contributed by atoms with E-state index >= 15 is 0 Å². The first kappa shape index (κ1) is 9.01. The molecule has 9 heavy (non-hydrogen) atoms. The molecule has 0 aromatic rings. The second-order valence-electron chi connectivity index (χ2n) is 2.44. The molecule has 0 aliphatic rings. The van der Waals surface area contributed by atoms with Crippen LogP contribution in [0, 0.1) is 0 Å². The van der Waals surface area contributed by atoms with E-state index in [1.807, 2.05) is 0 Å². The molecule has 0 unspecified atom stereocenters. The third-order valence-corrected chi connectivity index (χ3v) is 2.99. The van der Waals surface area contributed by atoms with Gasteiger partial charge in [-0.05, 0) is 10.1 Å². The van der Waals surface area contributed by atoms with Crippen molar-refractivity contribution in [1.29, 1.82) is 0 Å². The number of azide groups is 1. The molecule has 0 atom stereocenters. The summed E-state index contributed by atoms with van der Waals surface area (Å²) in [7, 11) is 2.74. The Hall–Kier alpha value is 0.01000. The van der Waals surface area contributed by atoms with Gasteiger partial charge < -0.3 is 0 Å². The van der Waals surface area contributed by atoms with Crippen LogP contribution in [0.25, 0.3) is 10.4 Å². The van der Waals surface area contributed by atoms with Crippen LogP contribution in [0.5, 0.6) is 0 Å². The number of hydrogen-bond acceptors (Lipinski definition) is 3. The minimum absolute atomic E-state index is 0.166. The SMILES string of the molecule is CC(C)(C)SSN=[N+]=[N-]. The van der Waals surface area contributed by atoms with Crippen LogP contribution in [-0.2, 0) is 0 Å². The van der Waals surface area contributed by atoms with Gasteiger partial charge in [0, 0.05) is 20.6 Å². The Labute approximate surface area is 62.7 Å². The standard InChI is InChI=1S/C4H9N3S2/c1-4(2,3)8-9-7-6-5/h1-3H3. The Kier molecular flexibility index (Phi) is 3.93. The highest BCUT2D eigenvalue weighted by Gasteiger charge is 2.09. The zero-order valence-electron chi connectivity index (χ0n) is 5.66. The van der Waals surface area contributed by atoms with Crippen LogP contribution in [0.1, 0.15) is 20.8 Å². The number of nitrogens with zero attached hydrogens (tertiary/aromatic N) is 3. The maximum Gasteiger partial charge on any atom is 0.0181 e. The summed E-state index contributed by atoms with van der Waals surface area (Å²) in [5.74, 6) is 0. The molecule has 0 amide bonds. The summed E-state index contributed by atoms with van der Waals surface area (Å²) in [6.07, 6.45) is 0. The van der Waals surface area contributed by atoms with Crippen molar-refractivity contribution >= 4 is 21.8 Å². The summed E-state index contributed by atoms with van der Waals surface area (Å²) in [6.45, 7) is 6.20. The quantitative estimate of drug-likeness (QED) is 0.206. The predicted molar refractivity (Wildman–Crippen MR) is 44.1 cm³/mol. The van der Waals surface area contributed by atoms with Crippen LogP contribution in [-0.4, -0.2) is 4.75 Å². The second kappa shape index (κ2) is 3.93. The summed E-state index contributed by atoms with van der Waals surface area (Å²) in [5.41, 5.74) is 7.89. The van der Waals surface area contributed by atoms with Crippen LogP contribution >= 0.6 is 21.8 Å². The minimum Gasteiger partial charge on any atom is -0.0808 e. The molecule has 3 nitrogen and oxygen atoms in total. The fraction of sp³-hybridized carbons (Fsp3) is 1.00. The average molecular weight is 163 g/mol. The molecule has 0 saturated heterocycles. The third-order valence-electron chi connectivity index (χ3n) is 0.357. The Bertz CT molecular complexity index is 122. The fourth-order valence-corrected chi connectivity index (χ4v) is 1.29. The topological polar surface area (TPSA) is 48.8 Å². The Morgan fingerprint density at radius 2 is 2.00 bits per heavy atom. The zero-order valence-corrected chi connectivity index (χ0v) is 7.29. The molecule has 0 aromatic heterocycles. The molecular weight excluding hydrogens is 154 g/mol. The van der Waals surface area contributed by atoms with Crippen LogP contribution in [0.15, 0.2) is 4.52 Å². The molecule has 0 heterocycles. The van der Waals surface area contributed by atoms with Crippen LogP contribution in [0.4, 0.5) is 0 Å². The van der Waals surface area contributed by atoms with E-state index in [4.69, 9.17) is 5.53 Å². The highest BCUT2D eigenvalue weighted by Crippen LogP contribution is 2.35. The highest BCUT2D eigenvalue weighted by molar-refractivity contribution is 8.76. The van der Waals surface area contributed by atoms with Crippen molar-refractivity contribution in [1.82, 2.24) is 0 Å². The molecule has 5 heteroatoms. The molecule has 0 rings (SSSR count). The molecule has 0 aromatic carbocycles. The van der Waals surface area contributed by atoms with E-state index in [9.17, 15) is 0 Å². The molecule has 0 spiro atoms. The van der Waals surface area contributed by atoms with Gasteiger partial charge in [0.05, 0.1) is 0 Å². The summed E-state index contributed by atoms with van der Waals surface area (Å²) in [6, 6.07) is 0. The summed E-state index contributed by atoms with van der Waals surface area (Å²) in [5, 5.41) is 0. The number of rotatable bonds is 2. The molecule has 0 radical (unpaired) electrons. The van der Waals surface area contributed by atoms with Gasteiger partial charge in [0.15, 0.2) is 0 Å². The smallest absolute Gasteiger partial charge is 0.0181 e. The van der Waals surface area contributed by atoms with Crippen LogP contribution in [0.2, 0.25) is 0 Å². The molecule has 0 saturated carbocycles. The van der Waals surface area contributed by atoms with Crippen molar-refractivity contribution in [2.45, 2.75) is 25.5 Å². The van der Waals surface area contributed by atoms with Crippen molar-refractivity contribution in [3.05, 3.63) is 10.4 Å². The van der Waals surface area contributed by atoms with Gasteiger partial charge in [-0.3, -0.25) is 0 Å². The number of hydrogen-bond donors (Lipinski definition) is 0. The predicted octanol–water partition coefficient (Wildman–Crippen LogP) is 3.39. The Morgan fingerprint density at radius 1 is 1.44 bits per heavy atom. The fourth-order valence-electron chi connectivity index (χ4n) is 0.143. The lowest BCUT2D eigenvalue weighted by molar-refractivity contribution is 0.810. The lowest BCUT2D eigenvalue weighted by atomic mass is 10.3. The van der Waals surface area contributed by atoms with Gasteiger partial charge in [-0.25, -0.2) is 0 Å². The van der Waals surface area contributed by atoms with Gasteiger partial charge in [0.25, 0.3) is 0 Å². The van der Waals surface area contributed by atoms with E-state index in [2.05, 4.69) is 30.2 Å². The molecule has 0 aliphatic heterocycles. The summed E-state index contributed by atoms with van der Waals surface area (Å²) >= 11 is 0. The first-order valence-corrected chi connectivity index (χ1v) is 4.56. The summed E-state index contributed by atoms with van der Waals surface area (Å²) in [4.78, 5) is 2.61. The van der Waals surface area contributed by atoms with E-state index in [0.717, 1.165) is 0 Å². The normalized spacial score (nSPS) is 10.6. The first-order chi connectivity index (χ1) is 4.06. The molecule has 0 fully saturated rings. The van der Waals surface area contributed by atoms with Gasteiger partial charge in [-0.15, -0.1) is 0 Å². The van der Waals surface area contributed by atoms with E-state index in [1.165, 1.54) is 11.0 Å². The first-order valence-electron chi connectivity index (χ1n) is 2.45. The van der Waals surface area contributed by atoms with Gasteiger partial charge >= 0.3 is 0 Å². The molecule has 0 aliphatic carbocycles. The van der Waals surface area contributed by atoms with Crippen molar-refractivity contribution in [3.63, 3.8) is 0 Å². The lowest BCUT2D eigenvalue weighted by Crippen LogP contribution is -2.03. The van der Waals surface area contributed by atoms with E-state index in [1.54, 1.807) is 10.8 Å². The Morgan fingerprint density at radius 3 is 2.33 bits per heavy atom. The molecule has 0 bridgehead atoms. The van der Waals surface area contributed by atoms with Gasteiger partial charge in [-0.2, -0.15) is 0 Å². The summed E-state index contributed by atoms with van der Waals surface area (Å²) < 4.78 is 3.48. The lowest BCUT2D eigenvalue weighted by Gasteiger charge is -2.13. The van der Waals surface area contributed by atoms with Gasteiger partial charge in [0.1, 0.15) is 0 Å². The highest BCUT2D eigenvalue weighted by atomic mass is 33.1. The van der Waals surface area contributed by atoms with Crippen molar-refractivity contribution in [2.24, 2.45) is 4.52 Å². The van der Waals surface area contributed by atoms with E-state index in [-0.39, 0.29) is 4.75 Å². The van der Waals surface area contributed by atoms with Gasteiger partial charge in [0.2, 0.25) is 0 Å². The average Bonchev–Trinajstić information content (AvgIpc) is 1.63. The van der Waals surface area contributed by atoms with Crippen LogP contribution in [0.3, 0.4) is 0 Å². The van der Waals surface area contributed by atoms with Crippen molar-refractivity contribution in [3.8, 4) is 0 Å². The second-order valence-corrected chi connectivity index (χ2v) is 5.09. The molecular formula is C4H9N3S2. The van der Waals surface area contributed by atoms with Crippen molar-refractivity contribution < 1.29 is 0 Å². The molecule has 0 N–H and O–H groups in total.